The average Bonchev–Trinajstić information content (AvgIpc) is 2.67. The fourth-order valence-electron chi connectivity index (χ4n) is 1.55. The van der Waals surface area contributed by atoms with Crippen molar-refractivity contribution < 1.29 is 9.53 Å². The topological polar surface area (TPSA) is 38.3 Å². The second-order valence-electron chi connectivity index (χ2n) is 3.64. The number of allylic oxidation sites excluding steroid dienone is 1. The fraction of sp³-hybridized carbons (Fsp3) is 0.727. The van der Waals surface area contributed by atoms with Gasteiger partial charge in [0.2, 0.25) is 5.91 Å². The van der Waals surface area contributed by atoms with Crippen molar-refractivity contribution in [3.05, 3.63) is 11.6 Å². The zero-order valence-corrected chi connectivity index (χ0v) is 9.01. The van der Waals surface area contributed by atoms with E-state index in [1.807, 2.05) is 19.9 Å². The minimum Gasteiger partial charge on any atom is -0.376 e. The molecular formula is C11H19NO2. The Morgan fingerprint density at radius 1 is 1.64 bits per heavy atom. The van der Waals surface area contributed by atoms with Gasteiger partial charge in [-0.15, -0.1) is 0 Å². The maximum Gasteiger partial charge on any atom is 0.246 e. The lowest BCUT2D eigenvalue weighted by atomic mass is 10.2. The molecule has 14 heavy (non-hydrogen) atoms. The SMILES string of the molecule is CC/C=C(\C)C(=O)NC[C@@H]1CCCO1. The van der Waals surface area contributed by atoms with Crippen molar-refractivity contribution in [2.24, 2.45) is 0 Å². The molecule has 0 bridgehead atoms. The number of carbonyl (C=O) groups excluding carboxylic acids is 1. The van der Waals surface area contributed by atoms with E-state index in [0.29, 0.717) is 6.54 Å². The summed E-state index contributed by atoms with van der Waals surface area (Å²) in [7, 11) is 0. The Hall–Kier alpha value is -0.830. The molecule has 0 radical (unpaired) electrons. The Bertz CT molecular complexity index is 217. The first-order chi connectivity index (χ1) is 6.74. The van der Waals surface area contributed by atoms with Crippen molar-refractivity contribution in [2.75, 3.05) is 13.2 Å². The molecule has 0 unspecified atom stereocenters. The van der Waals surface area contributed by atoms with Crippen LogP contribution in [0.1, 0.15) is 33.1 Å². The number of carbonyl (C=O) groups is 1. The highest BCUT2D eigenvalue weighted by Crippen LogP contribution is 2.10. The predicted octanol–water partition coefficient (Wildman–Crippen LogP) is 1.64. The summed E-state index contributed by atoms with van der Waals surface area (Å²) in [6, 6.07) is 0. The van der Waals surface area contributed by atoms with Gasteiger partial charge in [0.15, 0.2) is 0 Å². The highest BCUT2D eigenvalue weighted by Gasteiger charge is 2.16. The van der Waals surface area contributed by atoms with E-state index >= 15 is 0 Å². The molecule has 1 aliphatic heterocycles. The van der Waals surface area contributed by atoms with Crippen LogP contribution in [0.15, 0.2) is 11.6 Å². The second kappa shape index (κ2) is 5.81. The summed E-state index contributed by atoms with van der Waals surface area (Å²) in [4.78, 5) is 11.5. The maximum atomic E-state index is 11.5. The first-order valence-electron chi connectivity index (χ1n) is 5.30. The van der Waals surface area contributed by atoms with E-state index in [4.69, 9.17) is 4.74 Å². The van der Waals surface area contributed by atoms with Crippen LogP contribution in [0.25, 0.3) is 0 Å². The summed E-state index contributed by atoms with van der Waals surface area (Å²) in [5, 5.41) is 2.88. The van der Waals surface area contributed by atoms with Crippen LogP contribution in [0.4, 0.5) is 0 Å². The lowest BCUT2D eigenvalue weighted by Gasteiger charge is -2.10. The number of nitrogens with one attached hydrogen (secondary N) is 1. The van der Waals surface area contributed by atoms with Gasteiger partial charge in [0.1, 0.15) is 0 Å². The van der Waals surface area contributed by atoms with Crippen molar-refractivity contribution in [3.63, 3.8) is 0 Å². The van der Waals surface area contributed by atoms with E-state index in [-0.39, 0.29) is 12.0 Å². The average molecular weight is 197 g/mol. The van der Waals surface area contributed by atoms with Crippen LogP contribution in [0, 0.1) is 0 Å². The molecule has 0 aliphatic carbocycles. The molecular weight excluding hydrogens is 178 g/mol. The normalized spacial score (nSPS) is 22.4. The van der Waals surface area contributed by atoms with Crippen LogP contribution in [0.3, 0.4) is 0 Å². The van der Waals surface area contributed by atoms with E-state index in [1.165, 1.54) is 0 Å². The van der Waals surface area contributed by atoms with Crippen LogP contribution >= 0.6 is 0 Å². The van der Waals surface area contributed by atoms with Crippen LogP contribution in [-0.4, -0.2) is 25.2 Å². The minimum absolute atomic E-state index is 0.0300. The van der Waals surface area contributed by atoms with E-state index in [0.717, 1.165) is 31.4 Å². The number of amides is 1. The van der Waals surface area contributed by atoms with Crippen LogP contribution in [-0.2, 0) is 9.53 Å². The molecule has 1 aliphatic rings. The Morgan fingerprint density at radius 3 is 3.00 bits per heavy atom. The van der Waals surface area contributed by atoms with E-state index in [1.54, 1.807) is 0 Å². The molecule has 0 aromatic heterocycles. The summed E-state index contributed by atoms with van der Waals surface area (Å²) in [5.74, 6) is 0.0300. The lowest BCUT2D eigenvalue weighted by molar-refractivity contribution is -0.117. The Labute approximate surface area is 85.5 Å². The third-order valence-electron chi connectivity index (χ3n) is 2.38. The molecule has 1 N–H and O–H groups in total. The number of hydrogen-bond donors (Lipinski definition) is 1. The van der Waals surface area contributed by atoms with Gasteiger partial charge in [-0.25, -0.2) is 0 Å². The van der Waals surface area contributed by atoms with Crippen molar-refractivity contribution in [1.82, 2.24) is 5.32 Å². The predicted molar refractivity (Wildman–Crippen MR) is 56.0 cm³/mol. The smallest absolute Gasteiger partial charge is 0.246 e. The third kappa shape index (κ3) is 3.50. The lowest BCUT2D eigenvalue weighted by Crippen LogP contribution is -2.32. The van der Waals surface area contributed by atoms with E-state index in [9.17, 15) is 4.79 Å². The summed E-state index contributed by atoms with van der Waals surface area (Å²) in [6.45, 7) is 5.35. The van der Waals surface area contributed by atoms with Gasteiger partial charge in [0, 0.05) is 18.7 Å². The number of rotatable bonds is 4. The standard InChI is InChI=1S/C11H19NO2/c1-3-5-9(2)11(13)12-8-10-6-4-7-14-10/h5,10H,3-4,6-8H2,1-2H3,(H,12,13)/b9-5+/t10-/m0/s1. The molecule has 1 amide bonds. The zero-order valence-electron chi connectivity index (χ0n) is 9.01. The highest BCUT2D eigenvalue weighted by atomic mass is 16.5. The summed E-state index contributed by atoms with van der Waals surface area (Å²) in [6.07, 6.45) is 5.25. The van der Waals surface area contributed by atoms with Crippen LogP contribution < -0.4 is 5.32 Å². The maximum absolute atomic E-state index is 11.5. The van der Waals surface area contributed by atoms with Gasteiger partial charge >= 0.3 is 0 Å². The van der Waals surface area contributed by atoms with Crippen molar-refractivity contribution in [2.45, 2.75) is 39.2 Å². The molecule has 1 fully saturated rings. The minimum atomic E-state index is 0.0300. The van der Waals surface area contributed by atoms with Gasteiger partial charge in [-0.05, 0) is 26.2 Å². The van der Waals surface area contributed by atoms with Gasteiger partial charge in [0.25, 0.3) is 0 Å². The zero-order chi connectivity index (χ0) is 10.4. The first-order valence-corrected chi connectivity index (χ1v) is 5.30. The molecule has 1 rings (SSSR count). The molecule has 0 saturated carbocycles. The number of hydrogen-bond acceptors (Lipinski definition) is 2. The van der Waals surface area contributed by atoms with Gasteiger partial charge in [-0.1, -0.05) is 13.0 Å². The molecule has 3 nitrogen and oxygen atoms in total. The Balaban J connectivity index is 2.23. The molecule has 1 saturated heterocycles. The summed E-state index contributed by atoms with van der Waals surface area (Å²) >= 11 is 0. The van der Waals surface area contributed by atoms with E-state index in [2.05, 4.69) is 5.32 Å². The van der Waals surface area contributed by atoms with Gasteiger partial charge in [-0.2, -0.15) is 0 Å². The first kappa shape index (κ1) is 11.2. The number of ether oxygens (including phenoxy) is 1. The van der Waals surface area contributed by atoms with Crippen LogP contribution in [0.5, 0.6) is 0 Å². The Morgan fingerprint density at radius 2 is 2.43 bits per heavy atom. The second-order valence-corrected chi connectivity index (χ2v) is 3.64. The summed E-state index contributed by atoms with van der Waals surface area (Å²) < 4.78 is 5.41. The van der Waals surface area contributed by atoms with E-state index < -0.39 is 0 Å². The van der Waals surface area contributed by atoms with Crippen molar-refractivity contribution in [1.29, 1.82) is 0 Å². The Kier molecular flexibility index (Phi) is 4.66. The molecule has 1 heterocycles. The van der Waals surface area contributed by atoms with Gasteiger partial charge < -0.3 is 10.1 Å². The quantitative estimate of drug-likeness (QED) is 0.696. The van der Waals surface area contributed by atoms with Crippen molar-refractivity contribution >= 4 is 5.91 Å². The molecule has 0 aromatic carbocycles. The van der Waals surface area contributed by atoms with Gasteiger partial charge in [0.05, 0.1) is 6.10 Å². The highest BCUT2D eigenvalue weighted by molar-refractivity contribution is 5.92. The summed E-state index contributed by atoms with van der Waals surface area (Å²) in [5.41, 5.74) is 0.797. The largest absolute Gasteiger partial charge is 0.376 e. The molecule has 1 atom stereocenters. The molecule has 0 spiro atoms. The van der Waals surface area contributed by atoms with Crippen molar-refractivity contribution in [3.8, 4) is 0 Å². The molecule has 3 heteroatoms. The molecule has 80 valence electrons. The van der Waals surface area contributed by atoms with Crippen LogP contribution in [0.2, 0.25) is 0 Å². The van der Waals surface area contributed by atoms with Gasteiger partial charge in [-0.3, -0.25) is 4.79 Å². The molecule has 0 aromatic rings. The third-order valence-corrected chi connectivity index (χ3v) is 2.38. The monoisotopic (exact) mass is 197 g/mol. The fourth-order valence-corrected chi connectivity index (χ4v) is 1.55.